The molecule has 2 heterocycles. The molecule has 1 N–H and O–H groups in total. The van der Waals surface area contributed by atoms with Crippen LogP contribution in [0.1, 0.15) is 49.7 Å². The van der Waals surface area contributed by atoms with E-state index in [0.29, 0.717) is 12.5 Å². The third-order valence-electron chi connectivity index (χ3n) is 6.97. The highest BCUT2D eigenvalue weighted by Crippen LogP contribution is 2.30. The van der Waals surface area contributed by atoms with E-state index in [9.17, 15) is 5.11 Å². The van der Waals surface area contributed by atoms with Crippen LogP contribution in [0.3, 0.4) is 0 Å². The standard InChI is InChI=1S/C24H38N2O2/c27-19-21-5-3-12-26(18-21)13-4-14-28-24-9-8-22-15-20(6-7-23(22)16-24)17-25-10-1-2-11-25/h8-9,16,20-21,27H,1-7,10-15,17-19H2. The van der Waals surface area contributed by atoms with Gasteiger partial charge in [-0.05, 0) is 106 Å². The highest BCUT2D eigenvalue weighted by atomic mass is 16.5. The molecule has 2 fully saturated rings. The Morgan fingerprint density at radius 3 is 2.68 bits per heavy atom. The quantitative estimate of drug-likeness (QED) is 0.695. The van der Waals surface area contributed by atoms with E-state index in [1.165, 1.54) is 76.7 Å². The third kappa shape index (κ3) is 5.49. The Kier molecular flexibility index (Phi) is 7.27. The minimum absolute atomic E-state index is 0.334. The number of benzene rings is 1. The number of likely N-dealkylation sites (tertiary alicyclic amines) is 2. The fraction of sp³-hybridized carbons (Fsp3) is 0.750. The Balaban J connectivity index is 1.19. The molecule has 0 saturated carbocycles. The molecule has 2 aliphatic heterocycles. The van der Waals surface area contributed by atoms with Gasteiger partial charge in [-0.1, -0.05) is 6.07 Å². The molecule has 0 spiro atoms. The van der Waals surface area contributed by atoms with Gasteiger partial charge in [-0.25, -0.2) is 0 Å². The van der Waals surface area contributed by atoms with Gasteiger partial charge in [0.25, 0.3) is 0 Å². The Hall–Kier alpha value is -1.10. The third-order valence-corrected chi connectivity index (χ3v) is 6.97. The summed E-state index contributed by atoms with van der Waals surface area (Å²) in [6.07, 6.45) is 10.0. The van der Waals surface area contributed by atoms with Crippen molar-refractivity contribution < 1.29 is 9.84 Å². The Morgan fingerprint density at radius 1 is 0.964 bits per heavy atom. The predicted molar refractivity (Wildman–Crippen MR) is 114 cm³/mol. The fourth-order valence-electron chi connectivity index (χ4n) is 5.36. The molecule has 0 aromatic heterocycles. The first kappa shape index (κ1) is 20.2. The number of hydrogen-bond acceptors (Lipinski definition) is 4. The summed E-state index contributed by atoms with van der Waals surface area (Å²) in [5.41, 5.74) is 3.06. The van der Waals surface area contributed by atoms with Crippen LogP contribution in [0.5, 0.6) is 5.75 Å². The number of ether oxygens (including phenoxy) is 1. The first-order valence-corrected chi connectivity index (χ1v) is 11.6. The van der Waals surface area contributed by atoms with Crippen LogP contribution in [-0.4, -0.2) is 67.4 Å². The van der Waals surface area contributed by atoms with Crippen LogP contribution in [0.4, 0.5) is 0 Å². The zero-order valence-electron chi connectivity index (χ0n) is 17.5. The molecule has 1 aromatic carbocycles. The fourth-order valence-corrected chi connectivity index (χ4v) is 5.36. The van der Waals surface area contributed by atoms with Gasteiger partial charge in [0.2, 0.25) is 0 Å². The summed E-state index contributed by atoms with van der Waals surface area (Å²) in [4.78, 5) is 5.15. The molecular formula is C24H38N2O2. The first-order valence-electron chi connectivity index (χ1n) is 11.6. The second-order valence-corrected chi connectivity index (χ2v) is 9.24. The van der Waals surface area contributed by atoms with Crippen molar-refractivity contribution in [1.29, 1.82) is 0 Å². The zero-order chi connectivity index (χ0) is 19.2. The molecule has 28 heavy (non-hydrogen) atoms. The molecule has 4 heteroatoms. The Labute approximate surface area is 170 Å². The van der Waals surface area contributed by atoms with Gasteiger partial charge in [0, 0.05) is 26.2 Å². The van der Waals surface area contributed by atoms with E-state index in [0.717, 1.165) is 37.8 Å². The van der Waals surface area contributed by atoms with E-state index in [1.54, 1.807) is 5.56 Å². The van der Waals surface area contributed by atoms with Crippen LogP contribution < -0.4 is 4.74 Å². The lowest BCUT2D eigenvalue weighted by atomic mass is 9.83. The van der Waals surface area contributed by atoms with Gasteiger partial charge in [-0.2, -0.15) is 0 Å². The first-order chi connectivity index (χ1) is 13.8. The lowest BCUT2D eigenvalue weighted by Crippen LogP contribution is -2.37. The van der Waals surface area contributed by atoms with Gasteiger partial charge in [0.05, 0.1) is 6.61 Å². The summed E-state index contributed by atoms with van der Waals surface area (Å²) in [7, 11) is 0. The van der Waals surface area contributed by atoms with E-state index >= 15 is 0 Å². The SMILES string of the molecule is OCC1CCCN(CCCOc2ccc3c(c2)CCC(CN2CCCC2)C3)C1. The van der Waals surface area contributed by atoms with Crippen molar-refractivity contribution in [3.8, 4) is 5.75 Å². The maximum absolute atomic E-state index is 9.36. The van der Waals surface area contributed by atoms with Crippen LogP contribution in [0.15, 0.2) is 18.2 Å². The normalized spacial score (nSPS) is 26.3. The second-order valence-electron chi connectivity index (χ2n) is 9.24. The highest BCUT2D eigenvalue weighted by molar-refractivity contribution is 5.37. The van der Waals surface area contributed by atoms with Gasteiger partial charge < -0.3 is 19.6 Å². The molecule has 1 aromatic rings. The smallest absolute Gasteiger partial charge is 0.119 e. The molecule has 3 aliphatic rings. The average molecular weight is 387 g/mol. The number of hydrogen-bond donors (Lipinski definition) is 1. The number of piperidine rings is 1. The molecule has 2 atom stereocenters. The molecular weight excluding hydrogens is 348 g/mol. The molecule has 2 saturated heterocycles. The van der Waals surface area contributed by atoms with Crippen molar-refractivity contribution >= 4 is 0 Å². The molecule has 1 aliphatic carbocycles. The molecule has 0 amide bonds. The lowest BCUT2D eigenvalue weighted by molar-refractivity contribution is 0.115. The maximum Gasteiger partial charge on any atom is 0.119 e. The van der Waals surface area contributed by atoms with Gasteiger partial charge >= 0.3 is 0 Å². The largest absolute Gasteiger partial charge is 0.494 e. The molecule has 0 bridgehead atoms. The van der Waals surface area contributed by atoms with Crippen molar-refractivity contribution in [3.05, 3.63) is 29.3 Å². The van der Waals surface area contributed by atoms with E-state index in [2.05, 4.69) is 28.0 Å². The number of nitrogens with zero attached hydrogens (tertiary/aromatic N) is 2. The summed E-state index contributed by atoms with van der Waals surface area (Å²) in [5.74, 6) is 2.36. The van der Waals surface area contributed by atoms with Gasteiger partial charge in [0.1, 0.15) is 5.75 Å². The summed E-state index contributed by atoms with van der Waals surface area (Å²) in [6.45, 7) is 8.35. The number of aliphatic hydroxyl groups excluding tert-OH is 1. The van der Waals surface area contributed by atoms with E-state index < -0.39 is 0 Å². The topological polar surface area (TPSA) is 35.9 Å². The summed E-state index contributed by atoms with van der Waals surface area (Å²) < 4.78 is 6.07. The van der Waals surface area contributed by atoms with E-state index in [-0.39, 0.29) is 0 Å². The summed E-state index contributed by atoms with van der Waals surface area (Å²) in [6, 6.07) is 6.79. The van der Waals surface area contributed by atoms with Crippen LogP contribution in [0.25, 0.3) is 0 Å². The minimum atomic E-state index is 0.334. The van der Waals surface area contributed by atoms with Crippen molar-refractivity contribution in [1.82, 2.24) is 9.80 Å². The number of rotatable bonds is 8. The highest BCUT2D eigenvalue weighted by Gasteiger charge is 2.23. The van der Waals surface area contributed by atoms with Crippen molar-refractivity contribution in [2.45, 2.75) is 51.4 Å². The molecule has 4 nitrogen and oxygen atoms in total. The number of aliphatic hydroxyl groups is 1. The van der Waals surface area contributed by atoms with Gasteiger partial charge in [-0.3, -0.25) is 0 Å². The Bertz CT molecular complexity index is 615. The second kappa shape index (κ2) is 10.1. The number of fused-ring (bicyclic) bond motifs is 1. The van der Waals surface area contributed by atoms with Crippen LogP contribution in [0, 0.1) is 11.8 Å². The molecule has 156 valence electrons. The number of aryl methyl sites for hydroxylation is 1. The monoisotopic (exact) mass is 386 g/mol. The summed E-state index contributed by atoms with van der Waals surface area (Å²) in [5, 5.41) is 9.36. The minimum Gasteiger partial charge on any atom is -0.494 e. The molecule has 2 unspecified atom stereocenters. The van der Waals surface area contributed by atoms with Crippen molar-refractivity contribution in [2.75, 3.05) is 52.5 Å². The van der Waals surface area contributed by atoms with Crippen LogP contribution in [-0.2, 0) is 12.8 Å². The van der Waals surface area contributed by atoms with Crippen molar-refractivity contribution in [3.63, 3.8) is 0 Å². The molecule has 4 rings (SSSR count). The van der Waals surface area contributed by atoms with E-state index in [1.807, 2.05) is 0 Å². The molecule has 0 radical (unpaired) electrons. The summed E-state index contributed by atoms with van der Waals surface area (Å²) >= 11 is 0. The van der Waals surface area contributed by atoms with Crippen molar-refractivity contribution in [2.24, 2.45) is 11.8 Å². The lowest BCUT2D eigenvalue weighted by Gasteiger charge is -2.31. The zero-order valence-corrected chi connectivity index (χ0v) is 17.5. The van der Waals surface area contributed by atoms with Crippen LogP contribution in [0.2, 0.25) is 0 Å². The van der Waals surface area contributed by atoms with E-state index in [4.69, 9.17) is 4.74 Å². The van der Waals surface area contributed by atoms with Crippen LogP contribution >= 0.6 is 0 Å². The van der Waals surface area contributed by atoms with Gasteiger partial charge in [-0.15, -0.1) is 0 Å². The predicted octanol–water partition coefficient (Wildman–Crippen LogP) is 3.36. The van der Waals surface area contributed by atoms with Gasteiger partial charge in [0.15, 0.2) is 0 Å². The average Bonchev–Trinajstić information content (AvgIpc) is 3.24. The Morgan fingerprint density at radius 2 is 1.82 bits per heavy atom. The maximum atomic E-state index is 9.36.